The molecule has 0 fully saturated rings. The van der Waals surface area contributed by atoms with Crippen LogP contribution in [0.1, 0.15) is 35.3 Å². The molecule has 0 aromatic carbocycles. The van der Waals surface area contributed by atoms with Gasteiger partial charge in [0, 0.05) is 41.3 Å². The molecule has 0 radical (unpaired) electrons. The van der Waals surface area contributed by atoms with Crippen LogP contribution in [-0.4, -0.2) is 20.4 Å². The lowest BCUT2D eigenvalue weighted by molar-refractivity contribution is -0.117. The summed E-state index contributed by atoms with van der Waals surface area (Å²) in [5, 5.41) is 15.0. The summed E-state index contributed by atoms with van der Waals surface area (Å²) in [6, 6.07) is 7.82. The van der Waals surface area contributed by atoms with Crippen LogP contribution in [-0.2, 0) is 17.9 Å². The molecule has 3 heterocycles. The molecule has 6 nitrogen and oxygen atoms in total. The van der Waals surface area contributed by atoms with E-state index in [1.807, 2.05) is 43.5 Å². The number of hydrogen-bond donors (Lipinski definition) is 1. The van der Waals surface area contributed by atoms with E-state index in [9.17, 15) is 10.1 Å². The lowest BCUT2D eigenvalue weighted by Gasteiger charge is -2.07. The van der Waals surface area contributed by atoms with Crippen LogP contribution in [0.4, 0.5) is 0 Å². The van der Waals surface area contributed by atoms with Crippen molar-refractivity contribution in [2.45, 2.75) is 40.3 Å². The van der Waals surface area contributed by atoms with Crippen molar-refractivity contribution >= 4 is 23.3 Å². The van der Waals surface area contributed by atoms with Gasteiger partial charge >= 0.3 is 0 Å². The van der Waals surface area contributed by atoms with E-state index in [4.69, 9.17) is 0 Å². The Kier molecular flexibility index (Phi) is 6.57. The molecule has 7 heteroatoms. The molecule has 0 aliphatic rings. The summed E-state index contributed by atoms with van der Waals surface area (Å²) in [6.45, 7) is 7.37. The minimum Gasteiger partial charge on any atom is -0.349 e. The number of nitrogens with zero attached hydrogens (tertiary/aromatic N) is 4. The van der Waals surface area contributed by atoms with Crippen molar-refractivity contribution in [3.63, 3.8) is 0 Å². The number of nitrogens with one attached hydrogen (secondary N) is 1. The van der Waals surface area contributed by atoms with E-state index >= 15 is 0 Å². The third kappa shape index (κ3) is 4.79. The van der Waals surface area contributed by atoms with Crippen molar-refractivity contribution in [3.8, 4) is 17.3 Å². The number of pyridine rings is 1. The second-order valence-corrected chi connectivity index (χ2v) is 7.64. The van der Waals surface area contributed by atoms with Crippen LogP contribution in [0.15, 0.2) is 41.5 Å². The van der Waals surface area contributed by atoms with Crippen molar-refractivity contribution in [3.05, 3.63) is 63.5 Å². The van der Waals surface area contributed by atoms with Crippen LogP contribution >= 0.6 is 11.3 Å². The Morgan fingerprint density at radius 2 is 2.10 bits per heavy atom. The second kappa shape index (κ2) is 9.30. The van der Waals surface area contributed by atoms with Gasteiger partial charge in [-0.3, -0.25) is 9.78 Å². The zero-order valence-corrected chi connectivity index (χ0v) is 17.6. The Morgan fingerprint density at radius 1 is 1.34 bits per heavy atom. The number of aryl methyl sites for hydroxylation is 1. The van der Waals surface area contributed by atoms with E-state index < -0.39 is 5.91 Å². The molecule has 3 aromatic rings. The van der Waals surface area contributed by atoms with Gasteiger partial charge in [0.15, 0.2) is 0 Å². The Balaban J connectivity index is 1.70. The summed E-state index contributed by atoms with van der Waals surface area (Å²) in [4.78, 5) is 21.1. The molecule has 0 spiro atoms. The van der Waals surface area contributed by atoms with Gasteiger partial charge in [-0.15, -0.1) is 11.3 Å². The minimum atomic E-state index is -0.395. The summed E-state index contributed by atoms with van der Waals surface area (Å²) in [5.74, 6) is -0.395. The van der Waals surface area contributed by atoms with Crippen molar-refractivity contribution in [2.24, 2.45) is 0 Å². The highest BCUT2D eigenvalue weighted by atomic mass is 32.1. The van der Waals surface area contributed by atoms with Crippen molar-refractivity contribution in [2.75, 3.05) is 0 Å². The smallest absolute Gasteiger partial charge is 0.262 e. The van der Waals surface area contributed by atoms with Gasteiger partial charge in [-0.05, 0) is 50.1 Å². The molecule has 148 valence electrons. The first kappa shape index (κ1) is 20.5. The number of aromatic nitrogens is 3. The molecule has 0 saturated heterocycles. The highest BCUT2D eigenvalue weighted by Gasteiger charge is 2.13. The Bertz CT molecular complexity index is 1070. The predicted octanol–water partition coefficient (Wildman–Crippen LogP) is 4.26. The lowest BCUT2D eigenvalue weighted by Crippen LogP contribution is -2.23. The van der Waals surface area contributed by atoms with E-state index in [-0.39, 0.29) is 12.1 Å². The summed E-state index contributed by atoms with van der Waals surface area (Å²) < 4.78 is 2.20. The predicted molar refractivity (Wildman–Crippen MR) is 115 cm³/mol. The SMILES string of the molecule is CCCn1c(C)cc(/C=C(/C#N)C(=O)NCc2nc(-c3ccncc3)cs2)c1C. The van der Waals surface area contributed by atoms with Crippen LogP contribution in [0.2, 0.25) is 0 Å². The third-order valence-electron chi connectivity index (χ3n) is 4.65. The van der Waals surface area contributed by atoms with Crippen molar-refractivity contribution in [1.82, 2.24) is 19.9 Å². The Labute approximate surface area is 174 Å². The maximum atomic E-state index is 12.5. The monoisotopic (exact) mass is 405 g/mol. The molecule has 0 aliphatic heterocycles. The fourth-order valence-electron chi connectivity index (χ4n) is 3.14. The first-order chi connectivity index (χ1) is 14.0. The van der Waals surface area contributed by atoms with Gasteiger partial charge in [0.25, 0.3) is 5.91 Å². The molecular formula is C22H23N5OS. The highest BCUT2D eigenvalue weighted by Crippen LogP contribution is 2.21. The Morgan fingerprint density at radius 3 is 2.79 bits per heavy atom. The standard InChI is InChI=1S/C22H23N5OS/c1-4-9-27-15(2)10-18(16(27)3)11-19(12-23)22(28)25-13-21-26-20(14-29-21)17-5-7-24-8-6-17/h5-8,10-11,14H,4,9,13H2,1-3H3,(H,25,28)/b19-11-. The topological polar surface area (TPSA) is 83.6 Å². The van der Waals surface area contributed by atoms with E-state index in [1.54, 1.807) is 18.5 Å². The van der Waals surface area contributed by atoms with Crippen molar-refractivity contribution in [1.29, 1.82) is 5.26 Å². The molecule has 3 rings (SSSR count). The fraction of sp³-hybridized carbons (Fsp3) is 0.273. The average molecular weight is 406 g/mol. The quantitative estimate of drug-likeness (QED) is 0.470. The zero-order valence-electron chi connectivity index (χ0n) is 16.8. The number of carbonyl (C=O) groups excluding carboxylic acids is 1. The number of hydrogen-bond acceptors (Lipinski definition) is 5. The normalized spacial score (nSPS) is 11.3. The maximum Gasteiger partial charge on any atom is 0.262 e. The zero-order chi connectivity index (χ0) is 20.8. The van der Waals surface area contributed by atoms with Gasteiger partial charge in [0.05, 0.1) is 12.2 Å². The van der Waals surface area contributed by atoms with E-state index in [1.165, 1.54) is 11.3 Å². The van der Waals surface area contributed by atoms with E-state index in [2.05, 4.69) is 26.8 Å². The lowest BCUT2D eigenvalue weighted by atomic mass is 10.1. The Hall–Kier alpha value is -3.24. The van der Waals surface area contributed by atoms with Crippen molar-refractivity contribution < 1.29 is 4.79 Å². The van der Waals surface area contributed by atoms with Crippen LogP contribution in [0.25, 0.3) is 17.3 Å². The first-order valence-corrected chi connectivity index (χ1v) is 10.3. The number of rotatable bonds is 7. The fourth-order valence-corrected chi connectivity index (χ4v) is 3.89. The minimum absolute atomic E-state index is 0.0904. The van der Waals surface area contributed by atoms with Crippen LogP contribution < -0.4 is 5.32 Å². The molecule has 0 bridgehead atoms. The molecule has 3 aromatic heterocycles. The molecule has 0 unspecified atom stereocenters. The van der Waals surface area contributed by atoms with Crippen LogP contribution in [0.3, 0.4) is 0 Å². The number of nitriles is 1. The van der Waals surface area contributed by atoms with Gasteiger partial charge in [-0.2, -0.15) is 5.26 Å². The maximum absolute atomic E-state index is 12.5. The largest absolute Gasteiger partial charge is 0.349 e. The van der Waals surface area contributed by atoms with Crippen LogP contribution in [0.5, 0.6) is 0 Å². The molecular weight excluding hydrogens is 382 g/mol. The van der Waals surface area contributed by atoms with Gasteiger partial charge in [0.1, 0.15) is 16.6 Å². The van der Waals surface area contributed by atoms with Gasteiger partial charge in [0.2, 0.25) is 0 Å². The molecule has 29 heavy (non-hydrogen) atoms. The third-order valence-corrected chi connectivity index (χ3v) is 5.50. The van der Waals surface area contributed by atoms with Gasteiger partial charge < -0.3 is 9.88 Å². The second-order valence-electron chi connectivity index (χ2n) is 6.69. The van der Waals surface area contributed by atoms with E-state index in [0.29, 0.717) is 0 Å². The van der Waals surface area contributed by atoms with E-state index in [0.717, 1.165) is 46.2 Å². The molecule has 1 N–H and O–H groups in total. The first-order valence-electron chi connectivity index (χ1n) is 9.45. The summed E-state index contributed by atoms with van der Waals surface area (Å²) >= 11 is 1.47. The summed E-state index contributed by atoms with van der Waals surface area (Å²) in [6.07, 6.45) is 6.13. The molecule has 0 aliphatic carbocycles. The number of thiazole rings is 1. The summed E-state index contributed by atoms with van der Waals surface area (Å²) in [7, 11) is 0. The van der Waals surface area contributed by atoms with Crippen LogP contribution in [0, 0.1) is 25.2 Å². The molecule has 0 atom stereocenters. The number of carbonyl (C=O) groups is 1. The van der Waals surface area contributed by atoms with Gasteiger partial charge in [-0.1, -0.05) is 6.92 Å². The molecule has 1 amide bonds. The number of amides is 1. The highest BCUT2D eigenvalue weighted by molar-refractivity contribution is 7.09. The molecule has 0 saturated carbocycles. The average Bonchev–Trinajstić information content (AvgIpc) is 3.31. The van der Waals surface area contributed by atoms with Gasteiger partial charge in [-0.25, -0.2) is 4.98 Å². The summed E-state index contributed by atoms with van der Waals surface area (Å²) in [5.41, 5.74) is 5.01.